The quantitative estimate of drug-likeness (QED) is 0.338. The van der Waals surface area contributed by atoms with E-state index in [1.54, 1.807) is 7.11 Å². The van der Waals surface area contributed by atoms with Crippen molar-refractivity contribution in [1.29, 1.82) is 0 Å². The van der Waals surface area contributed by atoms with Crippen molar-refractivity contribution < 1.29 is 4.74 Å². The Hall–Kier alpha value is -0.0400. The Balaban J connectivity index is 0.00000289. The Morgan fingerprint density at radius 1 is 1.28 bits per heavy atom. The number of methoxy groups -OCH3 is 1. The normalized spacial score (nSPS) is 24.3. The largest absolute Gasteiger partial charge is 0.383 e. The monoisotopic (exact) mass is 369 g/mol. The second-order valence-electron chi connectivity index (χ2n) is 4.89. The number of ether oxygens (including phenoxy) is 1. The molecule has 1 aliphatic rings. The van der Waals surface area contributed by atoms with Gasteiger partial charge < -0.3 is 15.4 Å². The van der Waals surface area contributed by atoms with E-state index in [9.17, 15) is 0 Å². The number of rotatable bonds is 5. The van der Waals surface area contributed by atoms with E-state index in [1.807, 2.05) is 7.05 Å². The molecule has 0 aromatic carbocycles. The van der Waals surface area contributed by atoms with Crippen LogP contribution < -0.4 is 10.6 Å². The summed E-state index contributed by atoms with van der Waals surface area (Å²) in [5.41, 5.74) is 0. The van der Waals surface area contributed by atoms with Gasteiger partial charge in [0.1, 0.15) is 0 Å². The lowest BCUT2D eigenvalue weighted by Gasteiger charge is -2.29. The molecule has 0 radical (unpaired) electrons. The first-order valence-electron chi connectivity index (χ1n) is 6.71. The summed E-state index contributed by atoms with van der Waals surface area (Å²) in [6.45, 7) is 4.91. The minimum atomic E-state index is 0. The van der Waals surface area contributed by atoms with E-state index in [1.165, 1.54) is 25.7 Å². The number of hydrogen-bond acceptors (Lipinski definition) is 2. The molecule has 0 heterocycles. The van der Waals surface area contributed by atoms with Crippen LogP contribution in [0.1, 0.15) is 32.6 Å². The molecule has 0 spiro atoms. The third kappa shape index (κ3) is 6.78. The van der Waals surface area contributed by atoms with Crippen LogP contribution in [0.2, 0.25) is 0 Å². The van der Waals surface area contributed by atoms with E-state index in [-0.39, 0.29) is 24.0 Å². The SMILES string of the molecule is CN=C(NCCOC)NCC1CCCCC1C.I. The molecule has 0 bridgehead atoms. The van der Waals surface area contributed by atoms with Crippen LogP contribution in [0, 0.1) is 11.8 Å². The first-order chi connectivity index (χ1) is 8.27. The summed E-state index contributed by atoms with van der Waals surface area (Å²) >= 11 is 0. The molecule has 108 valence electrons. The van der Waals surface area contributed by atoms with Gasteiger partial charge in [0.15, 0.2) is 5.96 Å². The zero-order chi connectivity index (χ0) is 12.5. The second kappa shape index (κ2) is 10.8. The number of guanidine groups is 1. The summed E-state index contributed by atoms with van der Waals surface area (Å²) in [4.78, 5) is 4.21. The molecule has 0 amide bonds. The van der Waals surface area contributed by atoms with Gasteiger partial charge in [-0.3, -0.25) is 4.99 Å². The van der Waals surface area contributed by atoms with Crippen LogP contribution >= 0.6 is 24.0 Å². The van der Waals surface area contributed by atoms with Crippen molar-refractivity contribution in [3.8, 4) is 0 Å². The van der Waals surface area contributed by atoms with Crippen LogP contribution in [0.5, 0.6) is 0 Å². The first kappa shape index (κ1) is 18.0. The third-order valence-electron chi connectivity index (χ3n) is 3.64. The van der Waals surface area contributed by atoms with Gasteiger partial charge in [0, 0.05) is 27.2 Å². The van der Waals surface area contributed by atoms with Crippen molar-refractivity contribution >= 4 is 29.9 Å². The average Bonchev–Trinajstić information content (AvgIpc) is 2.35. The molecule has 4 nitrogen and oxygen atoms in total. The molecular formula is C13H28IN3O. The van der Waals surface area contributed by atoms with Gasteiger partial charge in [-0.1, -0.05) is 26.2 Å². The van der Waals surface area contributed by atoms with Gasteiger partial charge in [-0.25, -0.2) is 0 Å². The van der Waals surface area contributed by atoms with Crippen molar-refractivity contribution in [2.45, 2.75) is 32.6 Å². The molecule has 1 aliphatic carbocycles. The fraction of sp³-hybridized carbons (Fsp3) is 0.923. The Kier molecular flexibility index (Phi) is 10.8. The maximum Gasteiger partial charge on any atom is 0.191 e. The van der Waals surface area contributed by atoms with Gasteiger partial charge in [-0.05, 0) is 18.3 Å². The Morgan fingerprint density at radius 3 is 2.61 bits per heavy atom. The summed E-state index contributed by atoms with van der Waals surface area (Å²) in [5.74, 6) is 2.53. The van der Waals surface area contributed by atoms with E-state index in [0.717, 1.165) is 30.9 Å². The second-order valence-corrected chi connectivity index (χ2v) is 4.89. The Labute approximate surface area is 128 Å². The van der Waals surface area contributed by atoms with Crippen LogP contribution in [0.3, 0.4) is 0 Å². The zero-order valence-electron chi connectivity index (χ0n) is 11.9. The van der Waals surface area contributed by atoms with Gasteiger partial charge in [0.05, 0.1) is 6.61 Å². The van der Waals surface area contributed by atoms with E-state index < -0.39 is 0 Å². The summed E-state index contributed by atoms with van der Waals surface area (Å²) in [7, 11) is 3.52. The highest BCUT2D eigenvalue weighted by molar-refractivity contribution is 14.0. The van der Waals surface area contributed by atoms with E-state index in [4.69, 9.17) is 4.74 Å². The standard InChI is InChI=1S/C13H27N3O.HI/c1-11-6-4-5-7-12(11)10-16-13(14-2)15-8-9-17-3;/h11-12H,4-10H2,1-3H3,(H2,14,15,16);1H. The molecule has 2 atom stereocenters. The predicted molar refractivity (Wildman–Crippen MR) is 87.8 cm³/mol. The van der Waals surface area contributed by atoms with Crippen molar-refractivity contribution in [2.24, 2.45) is 16.8 Å². The molecule has 1 rings (SSSR count). The molecule has 0 aromatic rings. The fourth-order valence-electron chi connectivity index (χ4n) is 2.42. The van der Waals surface area contributed by atoms with E-state index >= 15 is 0 Å². The number of halogens is 1. The van der Waals surface area contributed by atoms with Gasteiger partial charge in [-0.15, -0.1) is 24.0 Å². The molecule has 1 fully saturated rings. The van der Waals surface area contributed by atoms with Crippen molar-refractivity contribution in [3.05, 3.63) is 0 Å². The lowest BCUT2D eigenvalue weighted by molar-refractivity contribution is 0.203. The maximum atomic E-state index is 5.00. The zero-order valence-corrected chi connectivity index (χ0v) is 14.2. The van der Waals surface area contributed by atoms with Crippen molar-refractivity contribution in [2.75, 3.05) is 33.9 Å². The number of aliphatic imine (C=N–C) groups is 1. The molecule has 5 heteroatoms. The van der Waals surface area contributed by atoms with Gasteiger partial charge in [-0.2, -0.15) is 0 Å². The van der Waals surface area contributed by atoms with E-state index in [0.29, 0.717) is 6.61 Å². The lowest BCUT2D eigenvalue weighted by Crippen LogP contribution is -2.42. The summed E-state index contributed by atoms with van der Waals surface area (Å²) in [6, 6.07) is 0. The highest BCUT2D eigenvalue weighted by Gasteiger charge is 2.20. The highest BCUT2D eigenvalue weighted by atomic mass is 127. The average molecular weight is 369 g/mol. The minimum Gasteiger partial charge on any atom is -0.383 e. The Morgan fingerprint density at radius 2 is 2.00 bits per heavy atom. The summed E-state index contributed by atoms with van der Waals surface area (Å²) in [6.07, 6.45) is 5.51. The summed E-state index contributed by atoms with van der Waals surface area (Å²) in [5, 5.41) is 6.65. The van der Waals surface area contributed by atoms with Crippen molar-refractivity contribution in [3.63, 3.8) is 0 Å². The van der Waals surface area contributed by atoms with E-state index in [2.05, 4.69) is 22.5 Å². The maximum absolute atomic E-state index is 5.00. The molecule has 0 aliphatic heterocycles. The number of hydrogen-bond donors (Lipinski definition) is 2. The van der Waals surface area contributed by atoms with Gasteiger partial charge in [0.25, 0.3) is 0 Å². The van der Waals surface area contributed by atoms with Crippen LogP contribution in [0.4, 0.5) is 0 Å². The molecular weight excluding hydrogens is 341 g/mol. The van der Waals surface area contributed by atoms with Gasteiger partial charge in [0.2, 0.25) is 0 Å². The lowest BCUT2D eigenvalue weighted by atomic mass is 9.80. The van der Waals surface area contributed by atoms with Crippen LogP contribution in [-0.2, 0) is 4.74 Å². The summed E-state index contributed by atoms with van der Waals surface area (Å²) < 4.78 is 5.00. The van der Waals surface area contributed by atoms with Crippen LogP contribution in [0.15, 0.2) is 4.99 Å². The van der Waals surface area contributed by atoms with Crippen molar-refractivity contribution in [1.82, 2.24) is 10.6 Å². The van der Waals surface area contributed by atoms with Crippen LogP contribution in [0.25, 0.3) is 0 Å². The topological polar surface area (TPSA) is 45.7 Å². The van der Waals surface area contributed by atoms with Crippen LogP contribution in [-0.4, -0.2) is 39.8 Å². The smallest absolute Gasteiger partial charge is 0.191 e. The first-order valence-corrected chi connectivity index (χ1v) is 6.71. The van der Waals surface area contributed by atoms with Gasteiger partial charge >= 0.3 is 0 Å². The fourth-order valence-corrected chi connectivity index (χ4v) is 2.42. The molecule has 0 aromatic heterocycles. The molecule has 1 saturated carbocycles. The predicted octanol–water partition coefficient (Wildman–Crippen LogP) is 2.24. The molecule has 2 N–H and O–H groups in total. The highest BCUT2D eigenvalue weighted by Crippen LogP contribution is 2.28. The Bertz CT molecular complexity index is 236. The number of nitrogens with one attached hydrogen (secondary N) is 2. The molecule has 2 unspecified atom stereocenters. The minimum absolute atomic E-state index is 0. The molecule has 18 heavy (non-hydrogen) atoms. The molecule has 0 saturated heterocycles. The third-order valence-corrected chi connectivity index (χ3v) is 3.64. The number of nitrogens with zero attached hydrogens (tertiary/aromatic N) is 1.